The summed E-state index contributed by atoms with van der Waals surface area (Å²) in [6.45, 7) is 0.281. The number of rotatable bonds is 4. The van der Waals surface area contributed by atoms with Crippen LogP contribution in [0.3, 0.4) is 0 Å². The Bertz CT molecular complexity index is 250. The van der Waals surface area contributed by atoms with Crippen LogP contribution in [0.15, 0.2) is 24.3 Å². The monoisotopic (exact) mass is 185 g/mol. The van der Waals surface area contributed by atoms with Crippen molar-refractivity contribution in [2.24, 2.45) is 5.73 Å². The smallest absolute Gasteiger partial charge is 0.123 e. The summed E-state index contributed by atoms with van der Waals surface area (Å²) in [5, 5.41) is 9.05. The largest absolute Gasteiger partial charge is 0.491 e. The van der Waals surface area contributed by atoms with E-state index in [9.17, 15) is 4.39 Å². The average Bonchev–Trinajstić information content (AvgIpc) is 2.16. The van der Waals surface area contributed by atoms with Crippen molar-refractivity contribution < 1.29 is 14.2 Å². The second-order valence-electron chi connectivity index (χ2n) is 2.65. The zero-order valence-electron chi connectivity index (χ0n) is 7.11. The number of hydrogen-bond acceptors (Lipinski definition) is 3. The molecule has 0 spiro atoms. The first-order chi connectivity index (χ1) is 6.22. The third-order valence-corrected chi connectivity index (χ3v) is 1.53. The normalized spacial score (nSPS) is 12.5. The molecule has 0 aliphatic carbocycles. The van der Waals surface area contributed by atoms with Crippen molar-refractivity contribution in [2.75, 3.05) is 13.2 Å². The molecule has 1 rings (SSSR count). The van der Waals surface area contributed by atoms with E-state index >= 15 is 0 Å². The van der Waals surface area contributed by atoms with Gasteiger partial charge in [0.15, 0.2) is 0 Å². The number of aliphatic hydroxyl groups excluding tert-OH is 1. The van der Waals surface area contributed by atoms with Crippen molar-refractivity contribution in [1.82, 2.24) is 0 Å². The summed E-state index contributed by atoms with van der Waals surface area (Å²) in [6, 6.07) is 5.59. The van der Waals surface area contributed by atoms with Gasteiger partial charge in [-0.2, -0.15) is 0 Å². The Hall–Kier alpha value is -1.13. The van der Waals surface area contributed by atoms with E-state index in [-0.39, 0.29) is 19.0 Å². The number of aliphatic hydroxyl groups is 1. The molecule has 0 amide bonds. The third-order valence-electron chi connectivity index (χ3n) is 1.53. The number of halogens is 1. The average molecular weight is 185 g/mol. The van der Waals surface area contributed by atoms with Gasteiger partial charge in [-0.05, 0) is 24.3 Å². The molecule has 72 valence electrons. The van der Waals surface area contributed by atoms with Crippen LogP contribution in [-0.4, -0.2) is 24.4 Å². The molecule has 0 heterocycles. The zero-order chi connectivity index (χ0) is 9.68. The van der Waals surface area contributed by atoms with Gasteiger partial charge in [0.1, 0.15) is 24.3 Å². The Kier molecular flexibility index (Phi) is 3.67. The maximum absolute atomic E-state index is 12.4. The van der Waals surface area contributed by atoms with E-state index in [0.29, 0.717) is 5.75 Å². The molecule has 4 heteroatoms. The summed E-state index contributed by atoms with van der Waals surface area (Å²) in [5.41, 5.74) is 5.17. The fourth-order valence-electron chi connectivity index (χ4n) is 0.791. The van der Waals surface area contributed by atoms with Crippen molar-refractivity contribution in [3.63, 3.8) is 0 Å². The van der Waals surface area contributed by atoms with Crippen molar-refractivity contribution >= 4 is 0 Å². The van der Waals surface area contributed by atoms with Crippen LogP contribution in [0.2, 0.25) is 0 Å². The summed E-state index contributed by atoms with van der Waals surface area (Å²) in [5.74, 6) is 0.209. The van der Waals surface area contributed by atoms with E-state index < -0.39 is 6.10 Å². The molecule has 0 aliphatic rings. The van der Waals surface area contributed by atoms with Gasteiger partial charge in [0.2, 0.25) is 0 Å². The number of benzene rings is 1. The van der Waals surface area contributed by atoms with E-state index in [2.05, 4.69) is 0 Å². The molecule has 0 aliphatic heterocycles. The lowest BCUT2D eigenvalue weighted by Crippen LogP contribution is -2.26. The minimum Gasteiger partial charge on any atom is -0.491 e. The van der Waals surface area contributed by atoms with Crippen LogP contribution < -0.4 is 10.5 Å². The lowest BCUT2D eigenvalue weighted by atomic mass is 10.3. The quantitative estimate of drug-likeness (QED) is 0.719. The molecule has 3 nitrogen and oxygen atoms in total. The Balaban J connectivity index is 2.41. The van der Waals surface area contributed by atoms with E-state index in [1.54, 1.807) is 0 Å². The van der Waals surface area contributed by atoms with E-state index in [1.807, 2.05) is 0 Å². The molecule has 13 heavy (non-hydrogen) atoms. The van der Waals surface area contributed by atoms with Gasteiger partial charge in [-0.3, -0.25) is 0 Å². The topological polar surface area (TPSA) is 55.5 Å². The molecule has 0 bridgehead atoms. The Morgan fingerprint density at radius 2 is 2.00 bits per heavy atom. The lowest BCUT2D eigenvalue weighted by Gasteiger charge is -2.09. The molecule has 0 saturated carbocycles. The Morgan fingerprint density at radius 1 is 1.38 bits per heavy atom. The molecule has 3 N–H and O–H groups in total. The van der Waals surface area contributed by atoms with Gasteiger partial charge in [-0.15, -0.1) is 0 Å². The van der Waals surface area contributed by atoms with E-state index in [1.165, 1.54) is 24.3 Å². The second kappa shape index (κ2) is 4.79. The van der Waals surface area contributed by atoms with Crippen LogP contribution >= 0.6 is 0 Å². The second-order valence-corrected chi connectivity index (χ2v) is 2.65. The van der Waals surface area contributed by atoms with Crippen molar-refractivity contribution in [3.05, 3.63) is 30.1 Å². The summed E-state index contributed by atoms with van der Waals surface area (Å²) in [7, 11) is 0. The highest BCUT2D eigenvalue weighted by Crippen LogP contribution is 2.10. The standard InChI is InChI=1S/C9H12FNO2/c10-7-1-3-9(4-2-7)13-6-8(12)5-11/h1-4,8,12H,5-6,11H2/t8-/m0/s1. The molecule has 0 fully saturated rings. The van der Waals surface area contributed by atoms with Gasteiger partial charge in [0.05, 0.1) is 0 Å². The highest BCUT2D eigenvalue weighted by molar-refractivity contribution is 5.21. The van der Waals surface area contributed by atoms with Crippen LogP contribution in [-0.2, 0) is 0 Å². The van der Waals surface area contributed by atoms with Gasteiger partial charge in [-0.25, -0.2) is 4.39 Å². The maximum atomic E-state index is 12.4. The summed E-state index contributed by atoms with van der Waals surface area (Å²) in [4.78, 5) is 0. The fourth-order valence-corrected chi connectivity index (χ4v) is 0.791. The first kappa shape index (κ1) is 9.95. The Labute approximate surface area is 75.9 Å². The number of ether oxygens (including phenoxy) is 1. The number of hydrogen-bond donors (Lipinski definition) is 2. The first-order valence-electron chi connectivity index (χ1n) is 3.99. The molecule has 1 aromatic rings. The minimum absolute atomic E-state index is 0.127. The predicted octanol–water partition coefficient (Wildman–Crippen LogP) is 0.524. The molecule has 0 unspecified atom stereocenters. The van der Waals surface area contributed by atoms with E-state index in [4.69, 9.17) is 15.6 Å². The van der Waals surface area contributed by atoms with Crippen LogP contribution in [0.5, 0.6) is 5.75 Å². The highest BCUT2D eigenvalue weighted by atomic mass is 19.1. The van der Waals surface area contributed by atoms with Gasteiger partial charge in [0, 0.05) is 6.54 Å². The van der Waals surface area contributed by atoms with Crippen LogP contribution in [0.4, 0.5) is 4.39 Å². The maximum Gasteiger partial charge on any atom is 0.123 e. The summed E-state index contributed by atoms with van der Waals surface area (Å²) in [6.07, 6.45) is -0.676. The molecule has 1 aromatic carbocycles. The summed E-state index contributed by atoms with van der Waals surface area (Å²) < 4.78 is 17.5. The molecule has 0 radical (unpaired) electrons. The van der Waals surface area contributed by atoms with Crippen molar-refractivity contribution in [3.8, 4) is 5.75 Å². The van der Waals surface area contributed by atoms with Crippen LogP contribution in [0.1, 0.15) is 0 Å². The van der Waals surface area contributed by atoms with Crippen molar-refractivity contribution in [1.29, 1.82) is 0 Å². The molecule has 0 aromatic heterocycles. The fraction of sp³-hybridized carbons (Fsp3) is 0.333. The highest BCUT2D eigenvalue weighted by Gasteiger charge is 2.01. The van der Waals surface area contributed by atoms with Gasteiger partial charge >= 0.3 is 0 Å². The number of nitrogens with two attached hydrogens (primary N) is 1. The minimum atomic E-state index is -0.676. The SMILES string of the molecule is NC[C@H](O)COc1ccc(F)cc1. The first-order valence-corrected chi connectivity index (χ1v) is 3.99. The van der Waals surface area contributed by atoms with Crippen molar-refractivity contribution in [2.45, 2.75) is 6.10 Å². The van der Waals surface area contributed by atoms with E-state index in [0.717, 1.165) is 0 Å². The van der Waals surface area contributed by atoms with Gasteiger partial charge in [-0.1, -0.05) is 0 Å². The molecule has 1 atom stereocenters. The lowest BCUT2D eigenvalue weighted by molar-refractivity contribution is 0.114. The molecule has 0 saturated heterocycles. The molecular formula is C9H12FNO2. The predicted molar refractivity (Wildman–Crippen MR) is 47.0 cm³/mol. The Morgan fingerprint density at radius 3 is 2.54 bits per heavy atom. The van der Waals surface area contributed by atoms with Gasteiger partial charge in [0.25, 0.3) is 0 Å². The van der Waals surface area contributed by atoms with Gasteiger partial charge < -0.3 is 15.6 Å². The molecular weight excluding hydrogens is 173 g/mol. The summed E-state index contributed by atoms with van der Waals surface area (Å²) >= 11 is 0. The van der Waals surface area contributed by atoms with Crippen LogP contribution in [0.25, 0.3) is 0 Å². The zero-order valence-corrected chi connectivity index (χ0v) is 7.11. The van der Waals surface area contributed by atoms with Crippen LogP contribution in [0, 0.1) is 5.82 Å². The third kappa shape index (κ3) is 3.40.